The van der Waals surface area contributed by atoms with E-state index in [2.05, 4.69) is 69.3 Å². The highest BCUT2D eigenvalue weighted by molar-refractivity contribution is 5.63. The van der Waals surface area contributed by atoms with E-state index in [9.17, 15) is 0 Å². The predicted molar refractivity (Wildman–Crippen MR) is 114 cm³/mol. The molecule has 0 heterocycles. The van der Waals surface area contributed by atoms with Crippen LogP contribution in [0.3, 0.4) is 0 Å². The van der Waals surface area contributed by atoms with E-state index in [1.165, 1.54) is 73.6 Å². The fourth-order valence-electron chi connectivity index (χ4n) is 4.88. The molecule has 0 bridgehead atoms. The first-order chi connectivity index (χ1) is 12.7. The molecule has 2 aromatic rings. The van der Waals surface area contributed by atoms with Crippen molar-refractivity contribution in [3.05, 3.63) is 59.7 Å². The van der Waals surface area contributed by atoms with E-state index >= 15 is 0 Å². The van der Waals surface area contributed by atoms with Crippen LogP contribution in [-0.2, 0) is 6.42 Å². The molecule has 3 rings (SSSR count). The lowest BCUT2D eigenvalue weighted by Gasteiger charge is -2.33. The van der Waals surface area contributed by atoms with E-state index in [1.54, 1.807) is 0 Å². The van der Waals surface area contributed by atoms with Gasteiger partial charge >= 0.3 is 0 Å². The van der Waals surface area contributed by atoms with Crippen LogP contribution in [-0.4, -0.2) is 0 Å². The Balaban J connectivity index is 1.48. The molecule has 1 aliphatic carbocycles. The van der Waals surface area contributed by atoms with Gasteiger partial charge in [-0.15, -0.1) is 0 Å². The van der Waals surface area contributed by atoms with Gasteiger partial charge < -0.3 is 0 Å². The molecule has 2 aromatic carbocycles. The van der Waals surface area contributed by atoms with Crippen molar-refractivity contribution in [2.45, 2.75) is 72.1 Å². The van der Waals surface area contributed by atoms with Crippen LogP contribution in [0.1, 0.15) is 69.9 Å². The summed E-state index contributed by atoms with van der Waals surface area (Å²) in [5.74, 6) is 2.94. The number of benzene rings is 2. The highest BCUT2D eigenvalue weighted by atomic mass is 14.3. The molecule has 26 heavy (non-hydrogen) atoms. The Kier molecular flexibility index (Phi) is 6.94. The lowest BCUT2D eigenvalue weighted by molar-refractivity contribution is 0.190. The molecule has 0 spiro atoms. The molecule has 0 radical (unpaired) electrons. The molecule has 1 saturated carbocycles. The van der Waals surface area contributed by atoms with Gasteiger partial charge in [-0.1, -0.05) is 93.6 Å². The van der Waals surface area contributed by atoms with Crippen LogP contribution in [0.5, 0.6) is 0 Å². The van der Waals surface area contributed by atoms with Gasteiger partial charge in [-0.25, -0.2) is 0 Å². The predicted octanol–water partition coefficient (Wildman–Crippen LogP) is 7.84. The van der Waals surface area contributed by atoms with Gasteiger partial charge in [0, 0.05) is 0 Å². The van der Waals surface area contributed by atoms with Gasteiger partial charge in [-0.05, 0) is 67.1 Å². The summed E-state index contributed by atoms with van der Waals surface area (Å²) in [6, 6.07) is 18.1. The van der Waals surface area contributed by atoms with Crippen molar-refractivity contribution in [1.29, 1.82) is 0 Å². The molecule has 0 aromatic heterocycles. The number of hydrogen-bond acceptors (Lipinski definition) is 0. The molecule has 0 saturated heterocycles. The van der Waals surface area contributed by atoms with Crippen LogP contribution in [0.2, 0.25) is 0 Å². The Bertz CT molecular complexity index is 637. The first kappa shape index (κ1) is 19.2. The van der Waals surface area contributed by atoms with Crippen molar-refractivity contribution in [2.75, 3.05) is 0 Å². The molecular weight excluding hydrogens is 312 g/mol. The Morgan fingerprint density at radius 1 is 0.769 bits per heavy atom. The molecular formula is C26H36. The van der Waals surface area contributed by atoms with E-state index in [0.29, 0.717) is 0 Å². The second-order valence-electron chi connectivity index (χ2n) is 8.46. The third kappa shape index (κ3) is 5.00. The summed E-state index contributed by atoms with van der Waals surface area (Å²) in [6.45, 7) is 6.89. The fourth-order valence-corrected chi connectivity index (χ4v) is 4.88. The third-order valence-electron chi connectivity index (χ3n) is 6.79. The number of rotatable bonds is 7. The smallest absolute Gasteiger partial charge is 0.0184 e. The quantitative estimate of drug-likeness (QED) is 0.478. The summed E-state index contributed by atoms with van der Waals surface area (Å²) < 4.78 is 0. The van der Waals surface area contributed by atoms with Gasteiger partial charge in [0.1, 0.15) is 0 Å². The molecule has 0 atom stereocenters. The highest BCUT2D eigenvalue weighted by Gasteiger charge is 2.25. The number of hydrogen-bond donors (Lipinski definition) is 0. The lowest BCUT2D eigenvalue weighted by atomic mass is 9.73. The minimum absolute atomic E-state index is 0.956. The minimum Gasteiger partial charge on any atom is -0.0651 e. The summed E-state index contributed by atoms with van der Waals surface area (Å²) in [7, 11) is 0. The maximum absolute atomic E-state index is 2.38. The summed E-state index contributed by atoms with van der Waals surface area (Å²) in [4.78, 5) is 0. The van der Waals surface area contributed by atoms with Crippen molar-refractivity contribution in [2.24, 2.45) is 17.8 Å². The Morgan fingerprint density at radius 3 is 1.85 bits per heavy atom. The second-order valence-corrected chi connectivity index (χ2v) is 8.46. The Morgan fingerprint density at radius 2 is 1.31 bits per heavy atom. The van der Waals surface area contributed by atoms with Gasteiger partial charge in [0.2, 0.25) is 0 Å². The molecule has 1 fully saturated rings. The molecule has 0 amide bonds. The summed E-state index contributed by atoms with van der Waals surface area (Å²) >= 11 is 0. The fraction of sp³-hybridized carbons (Fsp3) is 0.538. The Labute approximate surface area is 161 Å². The summed E-state index contributed by atoms with van der Waals surface area (Å²) in [5, 5.41) is 0. The average Bonchev–Trinajstić information content (AvgIpc) is 2.69. The van der Waals surface area contributed by atoms with Crippen LogP contribution in [0.4, 0.5) is 0 Å². The van der Waals surface area contributed by atoms with Crippen molar-refractivity contribution in [3.63, 3.8) is 0 Å². The Hall–Kier alpha value is -1.56. The van der Waals surface area contributed by atoms with Crippen LogP contribution >= 0.6 is 0 Å². The topological polar surface area (TPSA) is 0 Å². The maximum atomic E-state index is 2.38. The molecule has 1 aliphatic rings. The molecule has 0 aliphatic heterocycles. The molecule has 0 unspecified atom stereocenters. The van der Waals surface area contributed by atoms with Gasteiger partial charge in [0.05, 0.1) is 0 Å². The lowest BCUT2D eigenvalue weighted by Crippen LogP contribution is -2.21. The molecule has 0 N–H and O–H groups in total. The maximum Gasteiger partial charge on any atom is -0.0184 e. The van der Waals surface area contributed by atoms with Gasteiger partial charge in [-0.2, -0.15) is 0 Å². The second kappa shape index (κ2) is 9.40. The SMILES string of the molecule is CCC(CC)C1CCC(CCc2ccc(-c3ccc(C)cc3)cc2)CC1. The summed E-state index contributed by atoms with van der Waals surface area (Å²) in [5.41, 5.74) is 5.48. The first-order valence-electron chi connectivity index (χ1n) is 10.9. The van der Waals surface area contributed by atoms with Gasteiger partial charge in [0.25, 0.3) is 0 Å². The van der Waals surface area contributed by atoms with Crippen molar-refractivity contribution in [1.82, 2.24) is 0 Å². The van der Waals surface area contributed by atoms with Crippen LogP contribution in [0.15, 0.2) is 48.5 Å². The van der Waals surface area contributed by atoms with Gasteiger partial charge in [-0.3, -0.25) is 0 Å². The summed E-state index contributed by atoms with van der Waals surface area (Å²) in [6.07, 6.45) is 11.2. The van der Waals surface area contributed by atoms with Gasteiger partial charge in [0.15, 0.2) is 0 Å². The zero-order valence-corrected chi connectivity index (χ0v) is 17.0. The zero-order valence-electron chi connectivity index (χ0n) is 17.0. The first-order valence-corrected chi connectivity index (χ1v) is 10.9. The minimum atomic E-state index is 0.956. The number of aryl methyl sites for hydroxylation is 2. The van der Waals surface area contributed by atoms with Crippen LogP contribution in [0.25, 0.3) is 11.1 Å². The average molecular weight is 349 g/mol. The highest BCUT2D eigenvalue weighted by Crippen LogP contribution is 2.37. The van der Waals surface area contributed by atoms with E-state index < -0.39 is 0 Å². The molecule has 140 valence electrons. The van der Waals surface area contributed by atoms with E-state index in [-0.39, 0.29) is 0 Å². The van der Waals surface area contributed by atoms with Crippen LogP contribution < -0.4 is 0 Å². The molecule has 0 heteroatoms. The van der Waals surface area contributed by atoms with E-state index in [1.807, 2.05) is 0 Å². The van der Waals surface area contributed by atoms with E-state index in [0.717, 1.165) is 17.8 Å². The van der Waals surface area contributed by atoms with Crippen LogP contribution in [0, 0.1) is 24.7 Å². The monoisotopic (exact) mass is 348 g/mol. The van der Waals surface area contributed by atoms with Crippen molar-refractivity contribution >= 4 is 0 Å². The normalized spacial score (nSPS) is 20.5. The zero-order chi connectivity index (χ0) is 18.4. The largest absolute Gasteiger partial charge is 0.0651 e. The van der Waals surface area contributed by atoms with Crippen molar-refractivity contribution < 1.29 is 0 Å². The standard InChI is InChI=1S/C26H36/c1-4-23(5-2)24-16-10-21(11-17-24)8-9-22-12-18-26(19-13-22)25-14-6-20(3)7-15-25/h6-7,12-15,18-19,21,23-24H,4-5,8-11,16-17H2,1-3H3. The van der Waals surface area contributed by atoms with Crippen molar-refractivity contribution in [3.8, 4) is 11.1 Å². The third-order valence-corrected chi connectivity index (χ3v) is 6.79. The van der Waals surface area contributed by atoms with E-state index in [4.69, 9.17) is 0 Å². The molecule has 0 nitrogen and oxygen atoms in total.